The molecule has 1 fully saturated rings. The summed E-state index contributed by atoms with van der Waals surface area (Å²) in [4.78, 5) is 2.21. The van der Waals surface area contributed by atoms with E-state index in [4.69, 9.17) is 9.47 Å². The van der Waals surface area contributed by atoms with Crippen LogP contribution in [0.3, 0.4) is 0 Å². The zero-order valence-electron chi connectivity index (χ0n) is 18.6. The maximum Gasteiger partial charge on any atom is 0.282 e. The van der Waals surface area contributed by atoms with E-state index in [0.717, 1.165) is 25.9 Å². The van der Waals surface area contributed by atoms with Crippen LogP contribution in [-0.4, -0.2) is 106 Å². The Morgan fingerprint density at radius 2 is 1.61 bits per heavy atom. The predicted octanol–water partition coefficient (Wildman–Crippen LogP) is 1.02. The van der Waals surface area contributed by atoms with Crippen LogP contribution in [0.1, 0.15) is 40.0 Å². The van der Waals surface area contributed by atoms with Crippen molar-refractivity contribution in [1.29, 1.82) is 0 Å². The predicted molar refractivity (Wildman–Crippen MR) is 112 cm³/mol. The molecule has 1 N–H and O–H groups in total. The van der Waals surface area contributed by atoms with Crippen LogP contribution < -0.4 is 0 Å². The van der Waals surface area contributed by atoms with Crippen LogP contribution in [0.25, 0.3) is 0 Å². The SMILES string of the molecule is COCCN(CCOC)S(=O)(=O)N(C[C@H](O)CC(C)(C)C)C1CCN(C)CC1. The molecule has 8 nitrogen and oxygen atoms in total. The Morgan fingerprint density at radius 1 is 1.11 bits per heavy atom. The topological polar surface area (TPSA) is 82.5 Å². The zero-order chi connectivity index (χ0) is 21.4. The molecule has 0 saturated carbocycles. The first-order valence-electron chi connectivity index (χ1n) is 10.1. The van der Waals surface area contributed by atoms with Gasteiger partial charge in [0.1, 0.15) is 0 Å². The molecule has 168 valence electrons. The fourth-order valence-corrected chi connectivity index (χ4v) is 5.43. The van der Waals surface area contributed by atoms with Crippen LogP contribution in [0.5, 0.6) is 0 Å². The van der Waals surface area contributed by atoms with E-state index in [2.05, 4.69) is 4.90 Å². The average molecular weight is 424 g/mol. The van der Waals surface area contributed by atoms with Crippen molar-refractivity contribution in [2.45, 2.75) is 52.2 Å². The summed E-state index contributed by atoms with van der Waals surface area (Å²) < 4.78 is 40.3. The van der Waals surface area contributed by atoms with Crippen molar-refractivity contribution in [1.82, 2.24) is 13.5 Å². The number of piperidine rings is 1. The molecule has 1 atom stereocenters. The minimum atomic E-state index is -3.75. The maximum atomic E-state index is 13.5. The number of aliphatic hydroxyl groups is 1. The van der Waals surface area contributed by atoms with Crippen molar-refractivity contribution in [3.63, 3.8) is 0 Å². The van der Waals surface area contributed by atoms with Crippen LogP contribution in [0.15, 0.2) is 0 Å². The van der Waals surface area contributed by atoms with Gasteiger partial charge in [0.15, 0.2) is 0 Å². The van der Waals surface area contributed by atoms with Crippen molar-refractivity contribution in [2.24, 2.45) is 5.41 Å². The van der Waals surface area contributed by atoms with E-state index in [1.165, 1.54) is 8.61 Å². The second kappa shape index (κ2) is 11.8. The molecule has 1 aliphatic heterocycles. The average Bonchev–Trinajstić information content (AvgIpc) is 2.59. The highest BCUT2D eigenvalue weighted by molar-refractivity contribution is 7.86. The molecule has 9 heteroatoms. The van der Waals surface area contributed by atoms with Gasteiger partial charge in [-0.25, -0.2) is 0 Å². The van der Waals surface area contributed by atoms with Gasteiger partial charge in [-0.05, 0) is 44.8 Å². The molecule has 28 heavy (non-hydrogen) atoms. The van der Waals surface area contributed by atoms with E-state index in [1.54, 1.807) is 14.2 Å². The molecule has 0 amide bonds. The molecule has 0 aromatic rings. The van der Waals surface area contributed by atoms with E-state index in [-0.39, 0.29) is 31.1 Å². The third-order valence-electron chi connectivity index (χ3n) is 5.05. The first kappa shape index (κ1) is 25.7. The van der Waals surface area contributed by atoms with Crippen LogP contribution in [0.4, 0.5) is 0 Å². The van der Waals surface area contributed by atoms with Gasteiger partial charge < -0.3 is 19.5 Å². The molecular weight excluding hydrogens is 382 g/mol. The molecular formula is C19H41N3O5S. The minimum absolute atomic E-state index is 0.0760. The lowest BCUT2D eigenvalue weighted by Gasteiger charge is -2.40. The number of likely N-dealkylation sites (tertiary alicyclic amines) is 1. The largest absolute Gasteiger partial charge is 0.392 e. The lowest BCUT2D eigenvalue weighted by molar-refractivity contribution is 0.0745. The molecule has 1 aliphatic rings. The molecule has 1 rings (SSSR count). The normalized spacial score (nSPS) is 18.9. The van der Waals surface area contributed by atoms with Crippen molar-refractivity contribution >= 4 is 10.2 Å². The summed E-state index contributed by atoms with van der Waals surface area (Å²) in [6, 6.07) is -0.108. The highest BCUT2D eigenvalue weighted by atomic mass is 32.2. The third kappa shape index (κ3) is 8.61. The smallest absolute Gasteiger partial charge is 0.282 e. The Labute approximate surface area is 171 Å². The third-order valence-corrected chi connectivity index (χ3v) is 7.10. The standard InChI is InChI=1S/C19H41N3O5S/c1-19(2,3)15-18(23)16-22(17-7-9-20(4)10-8-17)28(24,25)21(11-13-26-5)12-14-27-6/h17-18,23H,7-16H2,1-6H3/t18-/m1/s1. The maximum absolute atomic E-state index is 13.5. The number of hydrogen-bond donors (Lipinski definition) is 1. The summed E-state index contributed by atoms with van der Waals surface area (Å²) in [5.74, 6) is 0. The molecule has 0 aliphatic carbocycles. The molecule has 0 radical (unpaired) electrons. The van der Waals surface area contributed by atoms with Crippen molar-refractivity contribution in [3.05, 3.63) is 0 Å². The van der Waals surface area contributed by atoms with Crippen LogP contribution in [-0.2, 0) is 19.7 Å². The van der Waals surface area contributed by atoms with E-state index < -0.39 is 16.3 Å². The van der Waals surface area contributed by atoms with Gasteiger partial charge in [-0.1, -0.05) is 20.8 Å². The molecule has 0 aromatic heterocycles. The minimum Gasteiger partial charge on any atom is -0.392 e. The Bertz CT molecular complexity index is 522. The van der Waals surface area contributed by atoms with Gasteiger partial charge in [-0.2, -0.15) is 17.0 Å². The quantitative estimate of drug-likeness (QED) is 0.505. The number of hydrogen-bond acceptors (Lipinski definition) is 6. The van der Waals surface area contributed by atoms with Crippen molar-refractivity contribution < 1.29 is 23.0 Å². The summed E-state index contributed by atoms with van der Waals surface area (Å²) in [7, 11) is 1.42. The number of rotatable bonds is 12. The van der Waals surface area contributed by atoms with Gasteiger partial charge in [0.05, 0.1) is 19.3 Å². The van der Waals surface area contributed by atoms with E-state index >= 15 is 0 Å². The first-order valence-corrected chi connectivity index (χ1v) is 11.5. The first-order chi connectivity index (χ1) is 13.0. The number of ether oxygens (including phenoxy) is 2. The van der Waals surface area contributed by atoms with Crippen molar-refractivity contribution in [2.75, 3.05) is 67.2 Å². The van der Waals surface area contributed by atoms with Crippen molar-refractivity contribution in [3.8, 4) is 0 Å². The summed E-state index contributed by atoms with van der Waals surface area (Å²) in [6.07, 6.45) is 1.36. The monoisotopic (exact) mass is 423 g/mol. The molecule has 0 unspecified atom stereocenters. The Hall–Kier alpha value is -0.290. The van der Waals surface area contributed by atoms with Gasteiger partial charge >= 0.3 is 0 Å². The molecule has 1 heterocycles. The van der Waals surface area contributed by atoms with E-state index in [9.17, 15) is 13.5 Å². The molecule has 0 bridgehead atoms. The van der Waals surface area contributed by atoms with Crippen LogP contribution >= 0.6 is 0 Å². The van der Waals surface area contributed by atoms with Gasteiger partial charge in [0.25, 0.3) is 10.2 Å². The van der Waals surface area contributed by atoms with Crippen LogP contribution in [0, 0.1) is 5.41 Å². The summed E-state index contributed by atoms with van der Waals surface area (Å²) in [5, 5.41) is 10.7. The Balaban J connectivity index is 3.07. The summed E-state index contributed by atoms with van der Waals surface area (Å²) in [6.45, 7) is 9.12. The number of methoxy groups -OCH3 is 2. The van der Waals surface area contributed by atoms with Gasteiger partial charge in [-0.15, -0.1) is 0 Å². The summed E-state index contributed by atoms with van der Waals surface area (Å²) >= 11 is 0. The highest BCUT2D eigenvalue weighted by Crippen LogP contribution is 2.26. The Kier molecular flexibility index (Phi) is 10.8. The van der Waals surface area contributed by atoms with E-state index in [1.807, 2.05) is 27.8 Å². The second-order valence-corrected chi connectivity index (χ2v) is 10.8. The number of nitrogens with zero attached hydrogens (tertiary/aromatic N) is 3. The van der Waals surface area contributed by atoms with Gasteiger partial charge in [-0.3, -0.25) is 0 Å². The highest BCUT2D eigenvalue weighted by Gasteiger charge is 2.37. The second-order valence-electron chi connectivity index (χ2n) is 8.92. The molecule has 0 aromatic carbocycles. The fraction of sp³-hybridized carbons (Fsp3) is 1.00. The van der Waals surface area contributed by atoms with Gasteiger partial charge in [0, 0.05) is 39.9 Å². The zero-order valence-corrected chi connectivity index (χ0v) is 19.4. The lowest BCUT2D eigenvalue weighted by atomic mass is 9.89. The lowest BCUT2D eigenvalue weighted by Crippen LogP contribution is -2.55. The van der Waals surface area contributed by atoms with E-state index in [0.29, 0.717) is 19.6 Å². The molecule has 0 spiro atoms. The summed E-state index contributed by atoms with van der Waals surface area (Å²) in [5.41, 5.74) is -0.0760. The Morgan fingerprint density at radius 3 is 2.04 bits per heavy atom. The number of aliphatic hydroxyl groups excluding tert-OH is 1. The van der Waals surface area contributed by atoms with Gasteiger partial charge in [0.2, 0.25) is 0 Å². The molecule has 1 saturated heterocycles. The fourth-order valence-electron chi connectivity index (χ4n) is 3.57. The van der Waals surface area contributed by atoms with Crippen LogP contribution in [0.2, 0.25) is 0 Å².